The van der Waals surface area contributed by atoms with E-state index in [1.165, 1.54) is 16.9 Å². The molecule has 2 amide bonds. The maximum Gasteiger partial charge on any atom is 0.287 e. The Balaban J connectivity index is 1.48. The Morgan fingerprint density at radius 3 is 2.48 bits per heavy atom. The number of nitrogens with one attached hydrogen (secondary N) is 3. The fourth-order valence-corrected chi connectivity index (χ4v) is 2.98. The van der Waals surface area contributed by atoms with Crippen LogP contribution in [0.4, 0.5) is 8.78 Å². The van der Waals surface area contributed by atoms with Crippen LogP contribution < -0.4 is 10.9 Å². The first-order chi connectivity index (χ1) is 14.9. The second-order valence-electron chi connectivity index (χ2n) is 6.63. The Morgan fingerprint density at radius 2 is 1.74 bits per heavy atom. The number of halogens is 2. The van der Waals surface area contributed by atoms with Gasteiger partial charge in [0.05, 0.1) is 11.3 Å². The van der Waals surface area contributed by atoms with E-state index < -0.39 is 23.4 Å². The van der Waals surface area contributed by atoms with Gasteiger partial charge >= 0.3 is 0 Å². The van der Waals surface area contributed by atoms with E-state index in [4.69, 9.17) is 0 Å². The number of aromatic amines is 1. The topological polar surface area (TPSA) is 105 Å². The molecule has 0 atom stereocenters. The van der Waals surface area contributed by atoms with Gasteiger partial charge in [-0.25, -0.2) is 8.78 Å². The van der Waals surface area contributed by atoms with E-state index in [9.17, 15) is 18.4 Å². The molecule has 0 fully saturated rings. The summed E-state index contributed by atoms with van der Waals surface area (Å²) < 4.78 is 28.7. The third-order valence-corrected chi connectivity index (χ3v) is 4.44. The number of H-pyrrole nitrogens is 1. The summed E-state index contributed by atoms with van der Waals surface area (Å²) in [6.07, 6.45) is 1.36. The van der Waals surface area contributed by atoms with Crippen LogP contribution in [0.5, 0.6) is 0 Å². The molecule has 10 heteroatoms. The minimum absolute atomic E-state index is 0.00268. The number of aryl methyl sites for hydroxylation is 1. The molecule has 0 saturated heterocycles. The van der Waals surface area contributed by atoms with Gasteiger partial charge in [0.15, 0.2) is 0 Å². The largest absolute Gasteiger partial charge is 0.287 e. The van der Waals surface area contributed by atoms with Crippen LogP contribution in [-0.2, 0) is 7.05 Å². The molecular weight excluding hydrogens is 406 g/mol. The van der Waals surface area contributed by atoms with Crippen LogP contribution in [0.3, 0.4) is 0 Å². The van der Waals surface area contributed by atoms with Gasteiger partial charge in [0.1, 0.15) is 23.0 Å². The molecule has 4 rings (SSSR count). The molecule has 3 N–H and O–H groups in total. The molecule has 0 unspecified atom stereocenters. The number of carbonyl (C=O) groups is 2. The highest BCUT2D eigenvalue weighted by Crippen LogP contribution is 2.25. The number of rotatable bonds is 4. The number of hydrogen-bond donors (Lipinski definition) is 3. The van der Waals surface area contributed by atoms with Crippen molar-refractivity contribution in [2.75, 3.05) is 0 Å². The third kappa shape index (κ3) is 4.17. The summed E-state index contributed by atoms with van der Waals surface area (Å²) >= 11 is 0. The van der Waals surface area contributed by atoms with E-state index in [1.54, 1.807) is 13.1 Å². The minimum Gasteiger partial charge on any atom is -0.274 e. The molecule has 2 aromatic carbocycles. The lowest BCUT2D eigenvalue weighted by molar-refractivity contribution is 0.0844. The smallest absolute Gasteiger partial charge is 0.274 e. The zero-order valence-corrected chi connectivity index (χ0v) is 16.2. The van der Waals surface area contributed by atoms with Crippen LogP contribution in [0.2, 0.25) is 0 Å². The highest BCUT2D eigenvalue weighted by Gasteiger charge is 2.21. The SMILES string of the molecule is Cn1cc(C(=O)NNC(=O)c2cc(-c3ccccc3)n[nH]2)c(-c2ccc(F)cc2F)n1. The molecule has 2 heterocycles. The average Bonchev–Trinajstić information content (AvgIpc) is 3.40. The van der Waals surface area contributed by atoms with Crippen LogP contribution >= 0.6 is 0 Å². The first-order valence-corrected chi connectivity index (χ1v) is 9.13. The minimum atomic E-state index is -0.859. The van der Waals surface area contributed by atoms with Gasteiger partial charge in [-0.1, -0.05) is 30.3 Å². The lowest BCUT2D eigenvalue weighted by Crippen LogP contribution is -2.41. The second kappa shape index (κ2) is 8.19. The van der Waals surface area contributed by atoms with Crippen LogP contribution in [0.1, 0.15) is 20.8 Å². The van der Waals surface area contributed by atoms with Gasteiger partial charge < -0.3 is 0 Å². The highest BCUT2D eigenvalue weighted by atomic mass is 19.1. The zero-order valence-electron chi connectivity index (χ0n) is 16.2. The predicted octanol–water partition coefficient (Wildman–Crippen LogP) is 2.83. The van der Waals surface area contributed by atoms with Crippen molar-refractivity contribution in [3.63, 3.8) is 0 Å². The Hall–Kier alpha value is -4.34. The normalized spacial score (nSPS) is 10.7. The maximum absolute atomic E-state index is 14.2. The Labute approximate surface area is 174 Å². The second-order valence-corrected chi connectivity index (χ2v) is 6.63. The van der Waals surface area contributed by atoms with Gasteiger partial charge in [0, 0.05) is 30.4 Å². The first-order valence-electron chi connectivity index (χ1n) is 9.13. The first kappa shape index (κ1) is 20.0. The fraction of sp³-hybridized carbons (Fsp3) is 0.0476. The number of benzene rings is 2. The van der Waals surface area contributed by atoms with Crippen molar-refractivity contribution in [1.29, 1.82) is 0 Å². The van der Waals surface area contributed by atoms with E-state index in [-0.39, 0.29) is 22.5 Å². The van der Waals surface area contributed by atoms with Crippen LogP contribution in [0.15, 0.2) is 60.8 Å². The Kier molecular flexibility index (Phi) is 5.27. The lowest BCUT2D eigenvalue weighted by atomic mass is 10.1. The number of amides is 2. The van der Waals surface area contributed by atoms with Crippen LogP contribution in [-0.4, -0.2) is 31.8 Å². The summed E-state index contributed by atoms with van der Waals surface area (Å²) in [5, 5.41) is 10.8. The number of aromatic nitrogens is 4. The third-order valence-electron chi connectivity index (χ3n) is 4.44. The van der Waals surface area contributed by atoms with Gasteiger partial charge in [0.25, 0.3) is 11.8 Å². The zero-order chi connectivity index (χ0) is 22.0. The van der Waals surface area contributed by atoms with Crippen molar-refractivity contribution in [2.24, 2.45) is 7.05 Å². The van der Waals surface area contributed by atoms with Crippen molar-refractivity contribution in [3.05, 3.63) is 83.7 Å². The molecule has 8 nitrogen and oxygen atoms in total. The van der Waals surface area contributed by atoms with Gasteiger partial charge in [-0.3, -0.25) is 30.2 Å². The highest BCUT2D eigenvalue weighted by molar-refractivity contribution is 6.02. The average molecular weight is 422 g/mol. The number of carbonyl (C=O) groups excluding carboxylic acids is 2. The maximum atomic E-state index is 14.2. The number of hydrazine groups is 1. The van der Waals surface area contributed by atoms with Crippen molar-refractivity contribution in [2.45, 2.75) is 0 Å². The summed E-state index contributed by atoms with van der Waals surface area (Å²) in [6, 6.07) is 13.8. The molecule has 31 heavy (non-hydrogen) atoms. The lowest BCUT2D eigenvalue weighted by Gasteiger charge is -2.07. The molecule has 0 aliphatic rings. The van der Waals surface area contributed by atoms with E-state index in [0.29, 0.717) is 11.8 Å². The van der Waals surface area contributed by atoms with Gasteiger partial charge in [-0.2, -0.15) is 10.2 Å². The van der Waals surface area contributed by atoms with Gasteiger partial charge in [0.2, 0.25) is 0 Å². The standard InChI is InChI=1S/C21H16F2N6O2/c1-29-11-15(19(28-29)14-8-7-13(22)9-16(14)23)20(30)26-27-21(31)18-10-17(24-25-18)12-5-3-2-4-6-12/h2-11H,1H3,(H,24,25)(H,26,30)(H,27,31). The molecule has 0 aliphatic heterocycles. The molecule has 0 aliphatic carbocycles. The molecule has 156 valence electrons. The van der Waals surface area contributed by atoms with Crippen molar-refractivity contribution >= 4 is 11.8 Å². The van der Waals surface area contributed by atoms with E-state index >= 15 is 0 Å². The van der Waals surface area contributed by atoms with Crippen LogP contribution in [0, 0.1) is 11.6 Å². The number of nitrogens with zero attached hydrogens (tertiary/aromatic N) is 3. The van der Waals surface area contributed by atoms with E-state index in [0.717, 1.165) is 11.6 Å². The number of hydrogen-bond acceptors (Lipinski definition) is 4. The van der Waals surface area contributed by atoms with E-state index in [2.05, 4.69) is 26.1 Å². The quantitative estimate of drug-likeness (QED) is 0.440. The molecular formula is C21H16F2N6O2. The molecule has 0 bridgehead atoms. The van der Waals surface area contributed by atoms with Crippen LogP contribution in [0.25, 0.3) is 22.5 Å². The Bertz CT molecular complexity index is 1270. The monoisotopic (exact) mass is 422 g/mol. The summed E-state index contributed by atoms with van der Waals surface area (Å²) in [5.41, 5.74) is 6.04. The van der Waals surface area contributed by atoms with Crippen molar-refractivity contribution < 1.29 is 18.4 Å². The van der Waals surface area contributed by atoms with Gasteiger partial charge in [-0.05, 0) is 18.2 Å². The Morgan fingerprint density at radius 1 is 1.00 bits per heavy atom. The summed E-state index contributed by atoms with van der Waals surface area (Å²) in [5.74, 6) is -2.95. The molecule has 0 radical (unpaired) electrons. The molecule has 0 saturated carbocycles. The summed E-state index contributed by atoms with van der Waals surface area (Å²) in [4.78, 5) is 24.9. The van der Waals surface area contributed by atoms with E-state index in [1.807, 2.05) is 30.3 Å². The summed E-state index contributed by atoms with van der Waals surface area (Å²) in [6.45, 7) is 0. The molecule has 4 aromatic rings. The van der Waals surface area contributed by atoms with Crippen molar-refractivity contribution in [1.82, 2.24) is 30.8 Å². The molecule has 0 spiro atoms. The summed E-state index contributed by atoms with van der Waals surface area (Å²) in [7, 11) is 1.55. The molecule has 2 aromatic heterocycles. The van der Waals surface area contributed by atoms with Gasteiger partial charge in [-0.15, -0.1) is 0 Å². The fourth-order valence-electron chi connectivity index (χ4n) is 2.98. The predicted molar refractivity (Wildman–Crippen MR) is 108 cm³/mol. The van der Waals surface area contributed by atoms with Crippen molar-refractivity contribution in [3.8, 4) is 22.5 Å².